The summed E-state index contributed by atoms with van der Waals surface area (Å²) in [6.07, 6.45) is 2.16. The second-order valence-electron chi connectivity index (χ2n) is 4.09. The summed E-state index contributed by atoms with van der Waals surface area (Å²) in [6.45, 7) is 5.37. The van der Waals surface area contributed by atoms with Crippen LogP contribution in [0.3, 0.4) is 0 Å². The fourth-order valence-corrected chi connectivity index (χ4v) is 1.55. The van der Waals surface area contributed by atoms with Crippen molar-refractivity contribution < 1.29 is 4.74 Å². The van der Waals surface area contributed by atoms with Crippen LogP contribution in [0.2, 0.25) is 0 Å². The van der Waals surface area contributed by atoms with Crippen LogP contribution in [-0.2, 0) is 6.42 Å². The highest BCUT2D eigenvalue weighted by molar-refractivity contribution is 5.54. The third-order valence-corrected chi connectivity index (χ3v) is 2.81. The smallest absolute Gasteiger partial charge is 0.141 e. The summed E-state index contributed by atoms with van der Waals surface area (Å²) in [7, 11) is 1.63. The summed E-state index contributed by atoms with van der Waals surface area (Å²) >= 11 is 0. The van der Waals surface area contributed by atoms with Crippen molar-refractivity contribution in [2.24, 2.45) is 0 Å². The molecule has 0 amide bonds. The van der Waals surface area contributed by atoms with Gasteiger partial charge in [0.2, 0.25) is 0 Å². The van der Waals surface area contributed by atoms with Gasteiger partial charge in [-0.15, -0.1) is 0 Å². The summed E-state index contributed by atoms with van der Waals surface area (Å²) in [5.41, 5.74) is 7.80. The molecule has 3 nitrogen and oxygen atoms in total. The largest absolute Gasteiger partial charge is 0.495 e. The van der Waals surface area contributed by atoms with E-state index < -0.39 is 0 Å². The maximum absolute atomic E-state index is 5.84. The summed E-state index contributed by atoms with van der Waals surface area (Å²) in [6, 6.07) is 6.55. The second kappa shape index (κ2) is 6.38. The standard InChI is InChI=1S/C13H22N2O/c1-4-10(2)15-8-7-11-5-6-13(16-3)12(14)9-11/h5-6,9-10,15H,4,7-8,14H2,1-3H3. The van der Waals surface area contributed by atoms with Gasteiger partial charge in [-0.2, -0.15) is 0 Å². The Morgan fingerprint density at radius 2 is 2.19 bits per heavy atom. The molecule has 0 radical (unpaired) electrons. The minimum absolute atomic E-state index is 0.579. The molecule has 0 saturated carbocycles. The summed E-state index contributed by atoms with van der Waals surface area (Å²) < 4.78 is 5.12. The van der Waals surface area contributed by atoms with Gasteiger partial charge >= 0.3 is 0 Å². The number of ether oxygens (including phenoxy) is 1. The lowest BCUT2D eigenvalue weighted by atomic mass is 10.1. The first-order valence-corrected chi connectivity index (χ1v) is 5.83. The minimum Gasteiger partial charge on any atom is -0.495 e. The predicted octanol–water partition coefficient (Wildman–Crippen LogP) is 2.21. The zero-order chi connectivity index (χ0) is 12.0. The van der Waals surface area contributed by atoms with Gasteiger partial charge in [-0.1, -0.05) is 13.0 Å². The molecule has 0 spiro atoms. The molecular weight excluding hydrogens is 200 g/mol. The zero-order valence-electron chi connectivity index (χ0n) is 10.4. The Hall–Kier alpha value is -1.22. The molecule has 3 N–H and O–H groups in total. The van der Waals surface area contributed by atoms with E-state index in [-0.39, 0.29) is 0 Å². The molecule has 0 aromatic heterocycles. The quantitative estimate of drug-likeness (QED) is 0.725. The fraction of sp³-hybridized carbons (Fsp3) is 0.538. The van der Waals surface area contributed by atoms with Crippen LogP contribution in [-0.4, -0.2) is 19.7 Å². The van der Waals surface area contributed by atoms with Crippen LogP contribution in [0.5, 0.6) is 5.75 Å². The van der Waals surface area contributed by atoms with Crippen molar-refractivity contribution in [3.8, 4) is 5.75 Å². The SMILES string of the molecule is CCC(C)NCCc1ccc(OC)c(N)c1. The molecule has 0 aliphatic rings. The lowest BCUT2D eigenvalue weighted by molar-refractivity contribution is 0.417. The van der Waals surface area contributed by atoms with E-state index in [1.54, 1.807) is 7.11 Å². The number of nitrogens with one attached hydrogen (secondary N) is 1. The van der Waals surface area contributed by atoms with Gasteiger partial charge < -0.3 is 15.8 Å². The van der Waals surface area contributed by atoms with Gasteiger partial charge in [0.25, 0.3) is 0 Å². The average molecular weight is 222 g/mol. The van der Waals surface area contributed by atoms with Crippen LogP contribution in [0, 0.1) is 0 Å². The lowest BCUT2D eigenvalue weighted by Crippen LogP contribution is -2.27. The lowest BCUT2D eigenvalue weighted by Gasteiger charge is -2.11. The van der Waals surface area contributed by atoms with Gasteiger partial charge in [0.1, 0.15) is 5.75 Å². The Morgan fingerprint density at radius 1 is 1.44 bits per heavy atom. The van der Waals surface area contributed by atoms with Crippen LogP contribution in [0.4, 0.5) is 5.69 Å². The maximum Gasteiger partial charge on any atom is 0.141 e. The average Bonchev–Trinajstić information content (AvgIpc) is 2.29. The summed E-state index contributed by atoms with van der Waals surface area (Å²) in [5, 5.41) is 3.46. The number of rotatable bonds is 6. The highest BCUT2D eigenvalue weighted by Gasteiger charge is 2.01. The molecule has 0 aliphatic heterocycles. The molecule has 3 heteroatoms. The van der Waals surface area contributed by atoms with E-state index in [0.717, 1.165) is 25.1 Å². The third kappa shape index (κ3) is 3.74. The monoisotopic (exact) mass is 222 g/mol. The number of hydrogen-bond acceptors (Lipinski definition) is 3. The Bertz CT molecular complexity index is 326. The number of anilines is 1. The van der Waals surface area contributed by atoms with Crippen LogP contribution in [0.15, 0.2) is 18.2 Å². The van der Waals surface area contributed by atoms with Gasteiger partial charge in [0, 0.05) is 6.04 Å². The van der Waals surface area contributed by atoms with Crippen molar-refractivity contribution in [3.63, 3.8) is 0 Å². The molecule has 1 rings (SSSR count). The molecule has 90 valence electrons. The van der Waals surface area contributed by atoms with Crippen molar-refractivity contribution in [2.45, 2.75) is 32.7 Å². The van der Waals surface area contributed by atoms with E-state index in [1.165, 1.54) is 5.56 Å². The predicted molar refractivity (Wildman–Crippen MR) is 68.9 cm³/mol. The van der Waals surface area contributed by atoms with Crippen molar-refractivity contribution in [2.75, 3.05) is 19.4 Å². The summed E-state index contributed by atoms with van der Waals surface area (Å²) in [4.78, 5) is 0. The third-order valence-electron chi connectivity index (χ3n) is 2.81. The molecule has 1 aromatic rings. The molecule has 0 aliphatic carbocycles. The first kappa shape index (κ1) is 12.8. The first-order chi connectivity index (χ1) is 7.67. The van der Waals surface area contributed by atoms with Crippen molar-refractivity contribution in [1.29, 1.82) is 0 Å². The Morgan fingerprint density at radius 3 is 2.75 bits per heavy atom. The topological polar surface area (TPSA) is 47.3 Å². The normalized spacial score (nSPS) is 12.4. The van der Waals surface area contributed by atoms with E-state index in [2.05, 4.69) is 25.2 Å². The minimum atomic E-state index is 0.579. The molecule has 0 bridgehead atoms. The molecule has 0 fully saturated rings. The number of methoxy groups -OCH3 is 1. The van der Waals surface area contributed by atoms with Crippen LogP contribution in [0.25, 0.3) is 0 Å². The van der Waals surface area contributed by atoms with Crippen LogP contribution >= 0.6 is 0 Å². The Balaban J connectivity index is 2.46. The molecule has 1 aromatic carbocycles. The first-order valence-electron chi connectivity index (χ1n) is 5.83. The Labute approximate surface area is 98.0 Å². The van der Waals surface area contributed by atoms with Crippen LogP contribution < -0.4 is 15.8 Å². The van der Waals surface area contributed by atoms with E-state index in [1.807, 2.05) is 12.1 Å². The van der Waals surface area contributed by atoms with Crippen LogP contribution in [0.1, 0.15) is 25.8 Å². The van der Waals surface area contributed by atoms with Gasteiger partial charge in [-0.25, -0.2) is 0 Å². The number of nitrogen functional groups attached to an aromatic ring is 1. The van der Waals surface area contributed by atoms with Gasteiger partial charge in [-0.3, -0.25) is 0 Å². The van der Waals surface area contributed by atoms with E-state index >= 15 is 0 Å². The van der Waals surface area contributed by atoms with E-state index in [9.17, 15) is 0 Å². The Kier molecular flexibility index (Phi) is 5.12. The zero-order valence-corrected chi connectivity index (χ0v) is 10.4. The van der Waals surface area contributed by atoms with Crippen molar-refractivity contribution in [1.82, 2.24) is 5.32 Å². The molecule has 16 heavy (non-hydrogen) atoms. The van der Waals surface area contributed by atoms with Gasteiger partial charge in [0.05, 0.1) is 12.8 Å². The molecule has 0 heterocycles. The van der Waals surface area contributed by atoms with Crippen molar-refractivity contribution in [3.05, 3.63) is 23.8 Å². The van der Waals surface area contributed by atoms with E-state index in [0.29, 0.717) is 11.7 Å². The summed E-state index contributed by atoms with van der Waals surface area (Å²) in [5.74, 6) is 0.749. The fourth-order valence-electron chi connectivity index (χ4n) is 1.55. The van der Waals surface area contributed by atoms with Crippen molar-refractivity contribution >= 4 is 5.69 Å². The molecule has 1 unspecified atom stereocenters. The highest BCUT2D eigenvalue weighted by Crippen LogP contribution is 2.21. The van der Waals surface area contributed by atoms with Gasteiger partial charge in [-0.05, 0) is 44.0 Å². The second-order valence-corrected chi connectivity index (χ2v) is 4.09. The number of nitrogens with two attached hydrogens (primary N) is 1. The molecular formula is C13H22N2O. The number of benzene rings is 1. The maximum atomic E-state index is 5.84. The van der Waals surface area contributed by atoms with E-state index in [4.69, 9.17) is 10.5 Å². The number of hydrogen-bond donors (Lipinski definition) is 2. The highest BCUT2D eigenvalue weighted by atomic mass is 16.5. The molecule has 1 atom stereocenters. The van der Waals surface area contributed by atoms with Gasteiger partial charge in [0.15, 0.2) is 0 Å². The molecule has 0 saturated heterocycles.